The highest BCUT2D eigenvalue weighted by Gasteiger charge is 2.18. The van der Waals surface area contributed by atoms with E-state index in [1.54, 1.807) is 42.6 Å². The first-order valence-corrected chi connectivity index (χ1v) is 10.3. The van der Waals surface area contributed by atoms with Gasteiger partial charge in [0.05, 0.1) is 19.2 Å². The molecule has 3 rings (SSSR count). The van der Waals surface area contributed by atoms with Gasteiger partial charge in [-0.25, -0.2) is 9.59 Å². The number of benzene rings is 1. The number of aliphatic imine (C=N–C) groups is 1. The molecule has 2 heterocycles. The molecule has 142 valence electrons. The second-order valence-corrected chi connectivity index (χ2v) is 8.00. The first-order chi connectivity index (χ1) is 13.1. The number of hydrogen-bond acceptors (Lipinski definition) is 8. The second kappa shape index (κ2) is 9.14. The minimum absolute atomic E-state index is 0.0549. The lowest BCUT2D eigenvalue weighted by Crippen LogP contribution is -2.08. The number of carbonyl (C=O) groups is 2. The third kappa shape index (κ3) is 4.95. The van der Waals surface area contributed by atoms with Crippen molar-refractivity contribution in [2.45, 2.75) is 19.3 Å². The number of ether oxygens (including phenoxy) is 2. The SMILES string of the molecule is COC(=O)c1cc(COC(=O)c2ccccc2CSC2=NCCS2)oc1C. The molecule has 0 saturated heterocycles. The monoisotopic (exact) mass is 405 g/mol. The Kier molecular flexibility index (Phi) is 6.63. The molecule has 27 heavy (non-hydrogen) atoms. The summed E-state index contributed by atoms with van der Waals surface area (Å²) >= 11 is 3.37. The first kappa shape index (κ1) is 19.6. The van der Waals surface area contributed by atoms with Crippen molar-refractivity contribution in [1.29, 1.82) is 0 Å². The van der Waals surface area contributed by atoms with E-state index in [0.717, 1.165) is 22.2 Å². The Morgan fingerprint density at radius 2 is 2.07 bits per heavy atom. The highest BCUT2D eigenvalue weighted by molar-refractivity contribution is 8.38. The Morgan fingerprint density at radius 3 is 2.81 bits per heavy atom. The van der Waals surface area contributed by atoms with Gasteiger partial charge in [-0.3, -0.25) is 4.99 Å². The predicted molar refractivity (Wildman–Crippen MR) is 106 cm³/mol. The topological polar surface area (TPSA) is 78.1 Å². The average Bonchev–Trinajstić information content (AvgIpc) is 3.33. The standard InChI is InChI=1S/C19H19NO5S2/c1-12-16(17(21)23-2)9-14(25-12)10-24-18(22)15-6-4-3-5-13(15)11-27-19-20-7-8-26-19/h3-6,9H,7-8,10-11H2,1-2H3. The maximum Gasteiger partial charge on any atom is 0.341 e. The molecule has 0 bridgehead atoms. The van der Waals surface area contributed by atoms with Crippen molar-refractivity contribution >= 4 is 39.8 Å². The summed E-state index contributed by atoms with van der Waals surface area (Å²) < 4.78 is 16.6. The number of nitrogens with zero attached hydrogens (tertiary/aromatic N) is 1. The maximum atomic E-state index is 12.5. The molecule has 0 unspecified atom stereocenters. The highest BCUT2D eigenvalue weighted by atomic mass is 32.2. The van der Waals surface area contributed by atoms with Gasteiger partial charge in [-0.15, -0.1) is 0 Å². The predicted octanol–water partition coefficient (Wildman–Crippen LogP) is 4.07. The van der Waals surface area contributed by atoms with Crippen LogP contribution in [0.15, 0.2) is 39.7 Å². The van der Waals surface area contributed by atoms with E-state index >= 15 is 0 Å². The maximum absolute atomic E-state index is 12.5. The largest absolute Gasteiger partial charge is 0.465 e. The van der Waals surface area contributed by atoms with E-state index in [1.807, 2.05) is 12.1 Å². The Labute approximate surface area is 165 Å². The summed E-state index contributed by atoms with van der Waals surface area (Å²) in [6.07, 6.45) is 0. The van der Waals surface area contributed by atoms with E-state index in [4.69, 9.17) is 9.15 Å². The quantitative estimate of drug-likeness (QED) is 0.671. The molecule has 0 fully saturated rings. The molecule has 1 aliphatic heterocycles. The number of carbonyl (C=O) groups excluding carboxylic acids is 2. The van der Waals surface area contributed by atoms with E-state index in [1.165, 1.54) is 13.2 Å². The molecule has 0 aliphatic carbocycles. The van der Waals surface area contributed by atoms with Crippen molar-refractivity contribution in [2.75, 3.05) is 19.4 Å². The molecule has 0 saturated carbocycles. The van der Waals surface area contributed by atoms with Gasteiger partial charge in [0, 0.05) is 11.5 Å². The summed E-state index contributed by atoms with van der Waals surface area (Å²) in [7, 11) is 1.30. The summed E-state index contributed by atoms with van der Waals surface area (Å²) in [6.45, 7) is 2.46. The Hall–Kier alpha value is -2.19. The zero-order chi connectivity index (χ0) is 19.2. The van der Waals surface area contributed by atoms with E-state index in [2.05, 4.69) is 9.73 Å². The van der Waals surface area contributed by atoms with Crippen molar-refractivity contribution < 1.29 is 23.5 Å². The molecule has 1 aromatic heterocycles. The van der Waals surface area contributed by atoms with Crippen LogP contribution in [-0.2, 0) is 21.8 Å². The Balaban J connectivity index is 1.63. The Bertz CT molecular complexity index is 875. The van der Waals surface area contributed by atoms with Crippen molar-refractivity contribution in [3.8, 4) is 0 Å². The van der Waals surface area contributed by atoms with Crippen LogP contribution in [0.25, 0.3) is 0 Å². The molecule has 8 heteroatoms. The number of furan rings is 1. The van der Waals surface area contributed by atoms with Crippen LogP contribution in [-0.4, -0.2) is 35.7 Å². The smallest absolute Gasteiger partial charge is 0.341 e. The summed E-state index contributed by atoms with van der Waals surface area (Å²) in [6, 6.07) is 8.89. The molecule has 6 nitrogen and oxygen atoms in total. The summed E-state index contributed by atoms with van der Waals surface area (Å²) in [5.74, 6) is 1.58. The van der Waals surface area contributed by atoms with Gasteiger partial charge in [0.15, 0.2) is 0 Å². The van der Waals surface area contributed by atoms with Crippen LogP contribution in [0.5, 0.6) is 0 Å². The second-order valence-electron chi connectivity index (χ2n) is 5.69. The van der Waals surface area contributed by atoms with Crippen LogP contribution in [0, 0.1) is 6.92 Å². The molecule has 0 spiro atoms. The summed E-state index contributed by atoms with van der Waals surface area (Å²) in [4.78, 5) is 28.6. The number of hydrogen-bond donors (Lipinski definition) is 0. The molecular formula is C19H19NO5S2. The summed E-state index contributed by atoms with van der Waals surface area (Å²) in [5.41, 5.74) is 1.74. The van der Waals surface area contributed by atoms with Crippen molar-refractivity contribution in [3.05, 3.63) is 58.5 Å². The van der Waals surface area contributed by atoms with Crippen LogP contribution in [0.2, 0.25) is 0 Å². The third-order valence-electron chi connectivity index (χ3n) is 3.87. The lowest BCUT2D eigenvalue weighted by molar-refractivity contribution is 0.0443. The van der Waals surface area contributed by atoms with Gasteiger partial charge in [-0.05, 0) is 24.6 Å². The molecule has 0 amide bonds. The zero-order valence-corrected chi connectivity index (χ0v) is 16.7. The van der Waals surface area contributed by atoms with Crippen LogP contribution in [0.3, 0.4) is 0 Å². The first-order valence-electron chi connectivity index (χ1n) is 8.31. The fraction of sp³-hybridized carbons (Fsp3) is 0.316. The average molecular weight is 405 g/mol. The molecule has 1 aromatic carbocycles. The highest BCUT2D eigenvalue weighted by Crippen LogP contribution is 2.27. The van der Waals surface area contributed by atoms with Gasteiger partial charge < -0.3 is 13.9 Å². The third-order valence-corrected chi connectivity index (χ3v) is 6.17. The number of methoxy groups -OCH3 is 1. The van der Waals surface area contributed by atoms with E-state index in [-0.39, 0.29) is 6.61 Å². The van der Waals surface area contributed by atoms with Gasteiger partial charge in [0.25, 0.3) is 0 Å². The van der Waals surface area contributed by atoms with Crippen LogP contribution in [0.4, 0.5) is 0 Å². The molecule has 1 aliphatic rings. The van der Waals surface area contributed by atoms with Gasteiger partial charge in [-0.2, -0.15) is 0 Å². The van der Waals surface area contributed by atoms with Gasteiger partial charge in [0.2, 0.25) is 0 Å². The molecule has 0 N–H and O–H groups in total. The van der Waals surface area contributed by atoms with Crippen molar-refractivity contribution in [2.24, 2.45) is 4.99 Å². The number of rotatable bonds is 6. The number of esters is 2. The van der Waals surface area contributed by atoms with Gasteiger partial charge in [0.1, 0.15) is 28.1 Å². The van der Waals surface area contributed by atoms with E-state index in [9.17, 15) is 9.59 Å². The zero-order valence-electron chi connectivity index (χ0n) is 15.0. The molecule has 0 radical (unpaired) electrons. The minimum Gasteiger partial charge on any atom is -0.465 e. The Morgan fingerprint density at radius 1 is 1.26 bits per heavy atom. The lowest BCUT2D eigenvalue weighted by Gasteiger charge is -2.08. The fourth-order valence-corrected chi connectivity index (χ4v) is 4.54. The molecule has 0 atom stereocenters. The number of aryl methyl sites for hydroxylation is 1. The van der Waals surface area contributed by atoms with Crippen molar-refractivity contribution in [1.82, 2.24) is 0 Å². The van der Waals surface area contributed by atoms with Crippen LogP contribution in [0.1, 0.15) is 37.8 Å². The minimum atomic E-state index is -0.483. The van der Waals surface area contributed by atoms with Crippen LogP contribution >= 0.6 is 23.5 Å². The normalized spacial score (nSPS) is 13.3. The molecule has 2 aromatic rings. The van der Waals surface area contributed by atoms with Crippen molar-refractivity contribution in [3.63, 3.8) is 0 Å². The van der Waals surface area contributed by atoms with Crippen LogP contribution < -0.4 is 0 Å². The fourth-order valence-electron chi connectivity index (χ4n) is 2.53. The summed E-state index contributed by atoms with van der Waals surface area (Å²) in [5, 5.41) is 0. The number of thioether (sulfide) groups is 2. The van der Waals surface area contributed by atoms with E-state index in [0.29, 0.717) is 28.4 Å². The lowest BCUT2D eigenvalue weighted by atomic mass is 10.1. The van der Waals surface area contributed by atoms with Gasteiger partial charge in [-0.1, -0.05) is 41.7 Å². The van der Waals surface area contributed by atoms with Gasteiger partial charge >= 0.3 is 11.9 Å². The molecular weight excluding hydrogens is 386 g/mol. The van der Waals surface area contributed by atoms with E-state index < -0.39 is 11.9 Å².